The van der Waals surface area contributed by atoms with Gasteiger partial charge in [0.15, 0.2) is 23.1 Å². The van der Waals surface area contributed by atoms with Crippen LogP contribution in [0.1, 0.15) is 22.5 Å². The van der Waals surface area contributed by atoms with Gasteiger partial charge in [-0.05, 0) is 43.4 Å². The minimum Gasteiger partial charge on any atom is -0.493 e. The van der Waals surface area contributed by atoms with Gasteiger partial charge in [0.2, 0.25) is 5.75 Å². The third-order valence-corrected chi connectivity index (χ3v) is 4.14. The number of nitrogens with zero attached hydrogens (tertiary/aromatic N) is 2. The highest BCUT2D eigenvalue weighted by atomic mass is 32.1. The molecule has 118 valence electrons. The summed E-state index contributed by atoms with van der Waals surface area (Å²) >= 11 is 1.66. The molecule has 0 atom stereocenters. The molecule has 5 nitrogen and oxygen atoms in total. The molecule has 1 aromatic carbocycles. The van der Waals surface area contributed by atoms with Gasteiger partial charge in [-0.15, -0.1) is 0 Å². The summed E-state index contributed by atoms with van der Waals surface area (Å²) in [4.78, 5) is 0. The number of aromatic nitrogens is 2. The Morgan fingerprint density at radius 1 is 1.09 bits per heavy atom. The van der Waals surface area contributed by atoms with Crippen LogP contribution in [-0.2, 0) is 6.54 Å². The summed E-state index contributed by atoms with van der Waals surface area (Å²) in [6.07, 6.45) is 4.04. The molecule has 0 aliphatic heterocycles. The zero-order chi connectivity index (χ0) is 16.1. The first kappa shape index (κ1) is 16.3. The van der Waals surface area contributed by atoms with Crippen LogP contribution in [0.3, 0.4) is 0 Å². The van der Waals surface area contributed by atoms with E-state index < -0.39 is 0 Å². The van der Waals surface area contributed by atoms with Crippen LogP contribution in [-0.4, -0.2) is 26.4 Å². The van der Waals surface area contributed by atoms with Gasteiger partial charge in [-0.25, -0.2) is 0 Å². The Hall–Kier alpha value is -2.08. The second-order valence-corrected chi connectivity index (χ2v) is 5.75. The fraction of sp³-hybridized carbons (Fsp3) is 0.375. The molecule has 0 radical (unpaired) electrons. The standard InChI is InChI=1S/C16H21N2O3S/c1-6-18-14(22-11(2)17-18)10-8-12-7-9-13(19-3)16(21-5)15(12)20-4/h7-10H,6H2,1-5H3/q+1/b10-8+. The van der Waals surface area contributed by atoms with Crippen LogP contribution in [0.4, 0.5) is 0 Å². The van der Waals surface area contributed by atoms with Gasteiger partial charge < -0.3 is 14.2 Å². The number of rotatable bonds is 6. The Morgan fingerprint density at radius 2 is 1.82 bits per heavy atom. The van der Waals surface area contributed by atoms with Crippen molar-refractivity contribution in [2.75, 3.05) is 21.3 Å². The van der Waals surface area contributed by atoms with Crippen molar-refractivity contribution in [3.8, 4) is 17.2 Å². The predicted molar refractivity (Wildman–Crippen MR) is 87.7 cm³/mol. The first-order valence-electron chi connectivity index (χ1n) is 6.99. The second kappa shape index (κ2) is 7.26. The molecule has 22 heavy (non-hydrogen) atoms. The molecule has 0 saturated carbocycles. The van der Waals surface area contributed by atoms with Crippen molar-refractivity contribution in [2.45, 2.75) is 20.4 Å². The fourth-order valence-electron chi connectivity index (χ4n) is 2.21. The van der Waals surface area contributed by atoms with Gasteiger partial charge in [0.05, 0.1) is 21.3 Å². The van der Waals surface area contributed by atoms with E-state index in [2.05, 4.69) is 12.0 Å². The highest BCUT2D eigenvalue weighted by Gasteiger charge is 2.16. The summed E-state index contributed by atoms with van der Waals surface area (Å²) in [6, 6.07) is 3.81. The minimum absolute atomic E-state index is 0.594. The van der Waals surface area contributed by atoms with Gasteiger partial charge >= 0.3 is 0 Å². The maximum Gasteiger partial charge on any atom is 0.289 e. The summed E-state index contributed by atoms with van der Waals surface area (Å²) in [7, 11) is 4.83. The predicted octanol–water partition coefficient (Wildman–Crippen LogP) is 2.96. The molecule has 2 aromatic rings. The molecule has 0 amide bonds. The van der Waals surface area contributed by atoms with Crippen LogP contribution >= 0.6 is 11.3 Å². The first-order chi connectivity index (χ1) is 10.6. The monoisotopic (exact) mass is 321 g/mol. The normalized spacial score (nSPS) is 11.0. The Labute approximate surface area is 134 Å². The number of hydrogen-bond acceptors (Lipinski definition) is 5. The largest absolute Gasteiger partial charge is 0.493 e. The molecule has 0 N–H and O–H groups in total. The minimum atomic E-state index is 0.594. The smallest absolute Gasteiger partial charge is 0.289 e. The molecule has 0 aliphatic carbocycles. The Bertz CT molecular complexity index is 680. The molecule has 0 aliphatic rings. The number of ether oxygens (including phenoxy) is 3. The Balaban J connectivity index is 2.42. The SMILES string of the molecule is CC[n+]1nc(C)sc1/C=C/c1ccc(OC)c(OC)c1OC. The molecule has 2 rings (SSSR count). The second-order valence-electron chi connectivity index (χ2n) is 4.53. The van der Waals surface area contributed by atoms with Gasteiger partial charge in [-0.3, -0.25) is 0 Å². The molecule has 0 saturated heterocycles. The van der Waals surface area contributed by atoms with E-state index in [4.69, 9.17) is 14.2 Å². The molecule has 0 unspecified atom stereocenters. The summed E-state index contributed by atoms with van der Waals surface area (Å²) < 4.78 is 18.2. The third-order valence-electron chi connectivity index (χ3n) is 3.21. The van der Waals surface area contributed by atoms with Crippen LogP contribution in [0.5, 0.6) is 17.2 Å². The average Bonchev–Trinajstić information content (AvgIpc) is 2.91. The van der Waals surface area contributed by atoms with E-state index in [9.17, 15) is 0 Å². The summed E-state index contributed by atoms with van der Waals surface area (Å²) in [5.74, 6) is 1.90. The van der Waals surface area contributed by atoms with E-state index in [1.165, 1.54) is 0 Å². The Morgan fingerprint density at radius 3 is 2.41 bits per heavy atom. The van der Waals surface area contributed by atoms with Crippen molar-refractivity contribution < 1.29 is 18.9 Å². The molecule has 1 aromatic heterocycles. The molecular weight excluding hydrogens is 300 g/mol. The van der Waals surface area contributed by atoms with E-state index in [0.29, 0.717) is 17.2 Å². The first-order valence-corrected chi connectivity index (χ1v) is 7.80. The molecule has 0 spiro atoms. The number of hydrogen-bond donors (Lipinski definition) is 0. The van der Waals surface area contributed by atoms with Crippen LogP contribution in [0, 0.1) is 6.92 Å². The van der Waals surface area contributed by atoms with Crippen LogP contribution in [0.15, 0.2) is 12.1 Å². The zero-order valence-electron chi connectivity index (χ0n) is 13.5. The maximum atomic E-state index is 5.48. The zero-order valence-corrected chi connectivity index (χ0v) is 14.4. The van der Waals surface area contributed by atoms with Crippen LogP contribution in [0.2, 0.25) is 0 Å². The summed E-state index contributed by atoms with van der Waals surface area (Å²) in [5.41, 5.74) is 0.925. The van der Waals surface area contributed by atoms with Gasteiger partial charge in [0.25, 0.3) is 5.01 Å². The topological polar surface area (TPSA) is 44.5 Å². The maximum absolute atomic E-state index is 5.48. The van der Waals surface area contributed by atoms with E-state index in [1.807, 2.05) is 35.9 Å². The van der Waals surface area contributed by atoms with Crippen molar-refractivity contribution in [1.29, 1.82) is 0 Å². The van der Waals surface area contributed by atoms with Crippen LogP contribution in [0.25, 0.3) is 12.2 Å². The van der Waals surface area contributed by atoms with Gasteiger partial charge in [-0.1, -0.05) is 4.68 Å². The molecule has 0 bridgehead atoms. The van der Waals surface area contributed by atoms with Crippen molar-refractivity contribution >= 4 is 23.5 Å². The summed E-state index contributed by atoms with van der Waals surface area (Å²) in [5, 5.41) is 6.59. The molecule has 1 heterocycles. The molecular formula is C16H21N2O3S+. The van der Waals surface area contributed by atoms with Gasteiger partial charge in [0, 0.05) is 16.7 Å². The lowest BCUT2D eigenvalue weighted by atomic mass is 10.1. The van der Waals surface area contributed by atoms with E-state index in [-0.39, 0.29) is 0 Å². The highest BCUT2D eigenvalue weighted by molar-refractivity contribution is 7.11. The Kier molecular flexibility index (Phi) is 5.38. The molecule has 6 heteroatoms. The van der Waals surface area contributed by atoms with E-state index >= 15 is 0 Å². The number of aryl methyl sites for hydroxylation is 2. The average molecular weight is 321 g/mol. The summed E-state index contributed by atoms with van der Waals surface area (Å²) in [6.45, 7) is 4.92. The fourth-order valence-corrected chi connectivity index (χ4v) is 3.06. The van der Waals surface area contributed by atoms with E-state index in [0.717, 1.165) is 22.1 Å². The van der Waals surface area contributed by atoms with Crippen molar-refractivity contribution in [3.63, 3.8) is 0 Å². The van der Waals surface area contributed by atoms with Crippen LogP contribution < -0.4 is 18.9 Å². The van der Waals surface area contributed by atoms with Crippen molar-refractivity contribution in [1.82, 2.24) is 5.10 Å². The quantitative estimate of drug-likeness (QED) is 0.767. The van der Waals surface area contributed by atoms with Crippen molar-refractivity contribution in [2.24, 2.45) is 0 Å². The highest BCUT2D eigenvalue weighted by Crippen LogP contribution is 2.40. The van der Waals surface area contributed by atoms with Gasteiger partial charge in [0.1, 0.15) is 0 Å². The lowest BCUT2D eigenvalue weighted by Crippen LogP contribution is -2.36. The number of benzene rings is 1. The lowest BCUT2D eigenvalue weighted by molar-refractivity contribution is -0.747. The molecule has 0 fully saturated rings. The third kappa shape index (κ3) is 3.22. The van der Waals surface area contributed by atoms with Gasteiger partial charge in [-0.2, -0.15) is 0 Å². The van der Waals surface area contributed by atoms with Crippen molar-refractivity contribution in [3.05, 3.63) is 27.7 Å². The lowest BCUT2D eigenvalue weighted by Gasteiger charge is -2.13. The van der Waals surface area contributed by atoms with E-state index in [1.54, 1.807) is 32.7 Å². The number of methoxy groups -OCH3 is 3.